The van der Waals surface area contributed by atoms with E-state index >= 15 is 0 Å². The molecule has 3 heterocycles. The van der Waals surface area contributed by atoms with Gasteiger partial charge in [-0.2, -0.15) is 10.2 Å². The number of nitro benzene ring substituents is 1. The zero-order valence-electron chi connectivity index (χ0n) is 19.1. The fourth-order valence-electron chi connectivity index (χ4n) is 3.79. The minimum Gasteiger partial charge on any atom is -0.470 e. The van der Waals surface area contributed by atoms with Crippen molar-refractivity contribution >= 4 is 23.2 Å². The third-order valence-corrected chi connectivity index (χ3v) is 6.06. The predicted octanol–water partition coefficient (Wildman–Crippen LogP) is 2.96. The van der Waals surface area contributed by atoms with Gasteiger partial charge in [0.2, 0.25) is 0 Å². The number of piperazine rings is 1. The Morgan fingerprint density at radius 1 is 1.18 bits per heavy atom. The Morgan fingerprint density at radius 2 is 1.94 bits per heavy atom. The van der Waals surface area contributed by atoms with E-state index in [1.54, 1.807) is 17.2 Å². The largest absolute Gasteiger partial charge is 0.470 e. The fraction of sp³-hybridized carbons (Fsp3) is 0.409. The highest BCUT2D eigenvalue weighted by Crippen LogP contribution is 2.28. The quantitative estimate of drug-likeness (QED) is 0.354. The summed E-state index contributed by atoms with van der Waals surface area (Å²) in [4.78, 5) is 27.3. The van der Waals surface area contributed by atoms with E-state index in [2.05, 4.69) is 28.2 Å². The first-order valence-corrected chi connectivity index (χ1v) is 11.4. The number of rotatable bonds is 8. The lowest BCUT2D eigenvalue weighted by atomic mass is 10.2. The number of hydrogen-bond acceptors (Lipinski definition) is 7. The van der Waals surface area contributed by atoms with Crippen molar-refractivity contribution in [3.63, 3.8) is 0 Å². The molecule has 1 fully saturated rings. The van der Waals surface area contributed by atoms with Gasteiger partial charge in [-0.3, -0.25) is 24.5 Å². The van der Waals surface area contributed by atoms with Crippen molar-refractivity contribution in [3.8, 4) is 5.75 Å². The first-order chi connectivity index (χ1) is 16.3. The van der Waals surface area contributed by atoms with Gasteiger partial charge in [-0.15, -0.1) is 0 Å². The molecule has 1 aromatic carbocycles. The number of aryl methyl sites for hydroxylation is 2. The monoisotopic (exact) mass is 487 g/mol. The van der Waals surface area contributed by atoms with Crippen LogP contribution in [0.15, 0.2) is 36.7 Å². The summed E-state index contributed by atoms with van der Waals surface area (Å²) >= 11 is 6.05. The summed E-state index contributed by atoms with van der Waals surface area (Å²) in [6, 6.07) is 5.63. The fourth-order valence-corrected chi connectivity index (χ4v) is 4.02. The maximum absolute atomic E-state index is 12.9. The molecule has 0 aliphatic carbocycles. The Morgan fingerprint density at radius 3 is 2.59 bits per heavy atom. The Kier molecular flexibility index (Phi) is 7.13. The van der Waals surface area contributed by atoms with Crippen LogP contribution in [0.4, 0.5) is 5.69 Å². The van der Waals surface area contributed by atoms with Crippen LogP contribution in [0, 0.1) is 17.0 Å². The van der Waals surface area contributed by atoms with Crippen LogP contribution in [0.25, 0.3) is 0 Å². The van der Waals surface area contributed by atoms with Gasteiger partial charge in [0, 0.05) is 69.4 Å². The van der Waals surface area contributed by atoms with Crippen molar-refractivity contribution in [2.75, 3.05) is 26.2 Å². The summed E-state index contributed by atoms with van der Waals surface area (Å²) in [5.41, 5.74) is 2.49. The molecule has 34 heavy (non-hydrogen) atoms. The van der Waals surface area contributed by atoms with Crippen molar-refractivity contribution < 1.29 is 14.5 Å². The summed E-state index contributed by atoms with van der Waals surface area (Å²) in [7, 11) is 0. The number of carbonyl (C=O) groups excluding carboxylic acids is 1. The highest BCUT2D eigenvalue weighted by atomic mass is 35.5. The average molecular weight is 488 g/mol. The number of nitro groups is 1. The molecule has 4 rings (SSSR count). The van der Waals surface area contributed by atoms with Crippen LogP contribution >= 0.6 is 11.6 Å². The van der Waals surface area contributed by atoms with E-state index in [4.69, 9.17) is 16.3 Å². The second kappa shape index (κ2) is 10.2. The molecule has 1 saturated heterocycles. The molecule has 1 amide bonds. The van der Waals surface area contributed by atoms with Gasteiger partial charge in [-0.1, -0.05) is 11.6 Å². The number of hydrogen-bond donors (Lipinski definition) is 0. The van der Waals surface area contributed by atoms with Crippen LogP contribution in [0.5, 0.6) is 5.75 Å². The molecule has 180 valence electrons. The molecule has 11 nitrogen and oxygen atoms in total. The van der Waals surface area contributed by atoms with Crippen molar-refractivity contribution in [2.24, 2.45) is 0 Å². The number of aromatic nitrogens is 4. The standard InChI is InChI=1S/C22H26ClN7O4/c1-3-28-14-17(16(2)24-28)13-26-8-10-27(11-9-26)22(31)20-6-7-29(25-20)15-34-21-5-4-18(30(32)33)12-19(21)23/h4-7,12,14H,3,8-11,13,15H2,1-2H3. The first kappa shape index (κ1) is 23.7. The third-order valence-electron chi connectivity index (χ3n) is 5.76. The maximum atomic E-state index is 12.9. The van der Waals surface area contributed by atoms with Gasteiger partial charge in [-0.25, -0.2) is 4.68 Å². The molecular formula is C22H26ClN7O4. The SMILES string of the molecule is CCn1cc(CN2CCN(C(=O)c3ccn(COc4ccc([N+](=O)[O-])cc4Cl)n3)CC2)c(C)n1. The topological polar surface area (TPSA) is 112 Å². The number of benzene rings is 1. The first-order valence-electron chi connectivity index (χ1n) is 11.0. The summed E-state index contributed by atoms with van der Waals surface area (Å²) in [6.45, 7) is 8.60. The summed E-state index contributed by atoms with van der Waals surface area (Å²) in [5.74, 6) is 0.174. The lowest BCUT2D eigenvalue weighted by molar-refractivity contribution is -0.384. The smallest absolute Gasteiger partial charge is 0.274 e. The Hall–Kier alpha value is -3.44. The summed E-state index contributed by atoms with van der Waals surface area (Å²) in [5, 5.41) is 19.8. The Bertz CT molecular complexity index is 1180. The van der Waals surface area contributed by atoms with Gasteiger partial charge >= 0.3 is 0 Å². The van der Waals surface area contributed by atoms with Crippen LogP contribution in [0.3, 0.4) is 0 Å². The zero-order valence-corrected chi connectivity index (χ0v) is 19.8. The molecule has 0 saturated carbocycles. The van der Waals surface area contributed by atoms with Gasteiger partial charge in [0.25, 0.3) is 11.6 Å². The van der Waals surface area contributed by atoms with Crippen LogP contribution < -0.4 is 4.74 Å². The van der Waals surface area contributed by atoms with E-state index in [0.29, 0.717) is 24.5 Å². The second-order valence-electron chi connectivity index (χ2n) is 8.05. The predicted molar refractivity (Wildman–Crippen MR) is 125 cm³/mol. The summed E-state index contributed by atoms with van der Waals surface area (Å²) in [6.07, 6.45) is 3.74. The van der Waals surface area contributed by atoms with Gasteiger partial charge < -0.3 is 9.64 Å². The highest BCUT2D eigenvalue weighted by Gasteiger charge is 2.24. The summed E-state index contributed by atoms with van der Waals surface area (Å²) < 4.78 is 9.02. The highest BCUT2D eigenvalue weighted by molar-refractivity contribution is 6.32. The average Bonchev–Trinajstić information content (AvgIpc) is 3.44. The van der Waals surface area contributed by atoms with E-state index in [0.717, 1.165) is 31.9 Å². The van der Waals surface area contributed by atoms with Gasteiger partial charge in [-0.05, 0) is 26.0 Å². The van der Waals surface area contributed by atoms with Crippen LogP contribution in [0.1, 0.15) is 28.7 Å². The minimum atomic E-state index is -0.526. The maximum Gasteiger partial charge on any atom is 0.274 e. The van der Waals surface area contributed by atoms with Crippen molar-refractivity contribution in [1.82, 2.24) is 29.4 Å². The van der Waals surface area contributed by atoms with Crippen LogP contribution in [-0.2, 0) is 19.8 Å². The molecule has 0 radical (unpaired) electrons. The molecule has 0 unspecified atom stereocenters. The molecule has 3 aromatic rings. The van der Waals surface area contributed by atoms with Crippen LogP contribution in [0.2, 0.25) is 5.02 Å². The second-order valence-corrected chi connectivity index (χ2v) is 8.46. The van der Waals surface area contributed by atoms with Crippen molar-refractivity contribution in [1.29, 1.82) is 0 Å². The molecule has 1 aliphatic heterocycles. The van der Waals surface area contributed by atoms with Gasteiger partial charge in [0.05, 0.1) is 15.6 Å². The molecule has 2 aromatic heterocycles. The number of halogens is 1. The Labute approximate surface area is 201 Å². The minimum absolute atomic E-state index is 0.0172. The van der Waals surface area contributed by atoms with Gasteiger partial charge in [0.15, 0.2) is 12.4 Å². The number of non-ortho nitro benzene ring substituents is 1. The van der Waals surface area contributed by atoms with Crippen LogP contribution in [-0.4, -0.2) is 66.4 Å². The van der Waals surface area contributed by atoms with Crippen molar-refractivity contribution in [2.45, 2.75) is 33.7 Å². The van der Waals surface area contributed by atoms with E-state index in [-0.39, 0.29) is 23.3 Å². The third kappa shape index (κ3) is 5.37. The molecule has 12 heteroatoms. The van der Waals surface area contributed by atoms with E-state index in [1.165, 1.54) is 28.4 Å². The molecule has 0 atom stereocenters. The Balaban J connectivity index is 1.29. The molecule has 0 bridgehead atoms. The zero-order chi connectivity index (χ0) is 24.2. The normalized spacial score (nSPS) is 14.4. The number of ether oxygens (including phenoxy) is 1. The lowest BCUT2D eigenvalue weighted by Gasteiger charge is -2.34. The van der Waals surface area contributed by atoms with E-state index in [1.807, 2.05) is 11.6 Å². The van der Waals surface area contributed by atoms with E-state index < -0.39 is 4.92 Å². The van der Waals surface area contributed by atoms with Crippen molar-refractivity contribution in [3.05, 3.63) is 68.7 Å². The molecule has 1 aliphatic rings. The molecule has 0 spiro atoms. The molecular weight excluding hydrogens is 462 g/mol. The lowest BCUT2D eigenvalue weighted by Crippen LogP contribution is -2.48. The van der Waals surface area contributed by atoms with Gasteiger partial charge in [0.1, 0.15) is 5.75 Å². The number of carbonyl (C=O) groups is 1. The number of nitrogens with zero attached hydrogens (tertiary/aromatic N) is 7. The number of amides is 1. The molecule has 0 N–H and O–H groups in total. The van der Waals surface area contributed by atoms with E-state index in [9.17, 15) is 14.9 Å².